The van der Waals surface area contributed by atoms with Crippen LogP contribution in [0.25, 0.3) is 0 Å². The fourth-order valence-corrected chi connectivity index (χ4v) is 2.49. The van der Waals surface area contributed by atoms with Crippen molar-refractivity contribution >= 4 is 11.6 Å². The Labute approximate surface area is 122 Å². The summed E-state index contributed by atoms with van der Waals surface area (Å²) >= 11 is 0. The van der Waals surface area contributed by atoms with Crippen molar-refractivity contribution in [3.8, 4) is 0 Å². The first-order valence-corrected chi connectivity index (χ1v) is 6.98. The smallest absolute Gasteiger partial charge is 0.245 e. The highest BCUT2D eigenvalue weighted by Crippen LogP contribution is 2.26. The Hall–Kier alpha value is -2.27. The highest BCUT2D eigenvalue weighted by molar-refractivity contribution is 6.00. The third-order valence-corrected chi connectivity index (χ3v) is 3.56. The summed E-state index contributed by atoms with van der Waals surface area (Å²) in [7, 11) is 0. The summed E-state index contributed by atoms with van der Waals surface area (Å²) in [5.41, 5.74) is 5.67. The number of rotatable bonds is 5. The number of para-hydroxylation sites is 1. The average molecular weight is 285 g/mol. The first-order valence-electron chi connectivity index (χ1n) is 6.98. The van der Waals surface area contributed by atoms with Crippen LogP contribution in [0.5, 0.6) is 0 Å². The number of fused-ring (bicyclic) bond motifs is 1. The molecule has 1 aromatic carbocycles. The van der Waals surface area contributed by atoms with Gasteiger partial charge in [0.1, 0.15) is 5.82 Å². The number of aromatic nitrogens is 1. The van der Waals surface area contributed by atoms with E-state index < -0.39 is 0 Å². The maximum Gasteiger partial charge on any atom is 0.245 e. The zero-order valence-corrected chi connectivity index (χ0v) is 11.6. The third-order valence-electron chi connectivity index (χ3n) is 3.56. The van der Waals surface area contributed by atoms with Crippen LogP contribution in [-0.2, 0) is 17.6 Å². The molecule has 108 valence electrons. The van der Waals surface area contributed by atoms with E-state index in [2.05, 4.69) is 10.4 Å². The lowest BCUT2D eigenvalue weighted by molar-refractivity contribution is -0.118. The number of benzene rings is 1. The quantitative estimate of drug-likeness (QED) is 0.857. The highest BCUT2D eigenvalue weighted by atomic mass is 19.1. The molecule has 0 atom stereocenters. The van der Waals surface area contributed by atoms with Gasteiger partial charge >= 0.3 is 0 Å². The molecular weight excluding hydrogens is 269 g/mol. The first-order chi connectivity index (χ1) is 10.3. The molecule has 2 heterocycles. The van der Waals surface area contributed by atoms with Gasteiger partial charge in [0.05, 0.1) is 12.1 Å². The Morgan fingerprint density at radius 2 is 2.14 bits per heavy atom. The molecule has 0 bridgehead atoms. The van der Waals surface area contributed by atoms with Crippen LogP contribution in [-0.4, -0.2) is 17.4 Å². The molecule has 3 rings (SSSR count). The van der Waals surface area contributed by atoms with E-state index in [4.69, 9.17) is 0 Å². The van der Waals surface area contributed by atoms with Gasteiger partial charge in [-0.25, -0.2) is 14.8 Å². The van der Waals surface area contributed by atoms with Gasteiger partial charge in [0.2, 0.25) is 5.91 Å². The number of pyridine rings is 1. The molecule has 0 aliphatic carbocycles. The molecule has 0 spiro atoms. The van der Waals surface area contributed by atoms with E-state index >= 15 is 0 Å². The van der Waals surface area contributed by atoms with Gasteiger partial charge in [0, 0.05) is 24.5 Å². The number of anilines is 1. The van der Waals surface area contributed by atoms with Gasteiger partial charge in [0.25, 0.3) is 0 Å². The summed E-state index contributed by atoms with van der Waals surface area (Å²) in [5.74, 6) is -0.184. The molecule has 1 N–H and O–H groups in total. The van der Waals surface area contributed by atoms with E-state index in [0.717, 1.165) is 17.7 Å². The number of halogens is 1. The second kappa shape index (κ2) is 6.01. The molecule has 2 aromatic rings. The number of hydrazine groups is 1. The molecule has 1 aromatic heterocycles. The predicted molar refractivity (Wildman–Crippen MR) is 78.2 cm³/mol. The van der Waals surface area contributed by atoms with Crippen molar-refractivity contribution in [2.24, 2.45) is 0 Å². The summed E-state index contributed by atoms with van der Waals surface area (Å²) in [6.07, 6.45) is 4.74. The number of carbonyl (C=O) groups excluding carboxylic acids is 1. The van der Waals surface area contributed by atoms with E-state index in [9.17, 15) is 9.18 Å². The van der Waals surface area contributed by atoms with Gasteiger partial charge in [-0.1, -0.05) is 18.2 Å². The third kappa shape index (κ3) is 2.92. The van der Waals surface area contributed by atoms with E-state index in [1.807, 2.05) is 24.3 Å². The van der Waals surface area contributed by atoms with Gasteiger partial charge < -0.3 is 0 Å². The van der Waals surface area contributed by atoms with E-state index in [0.29, 0.717) is 24.9 Å². The standard InChI is InChI=1S/C16H16FN3O/c17-14-7-9-18-11-13(14)5-3-8-19-20-15-6-2-1-4-12(15)10-16(20)21/h1-2,4,6-7,9,11,19H,3,5,8,10H2. The molecule has 1 aliphatic heterocycles. The van der Waals surface area contributed by atoms with Crippen molar-refractivity contribution < 1.29 is 9.18 Å². The molecule has 0 saturated carbocycles. The van der Waals surface area contributed by atoms with E-state index in [1.54, 1.807) is 11.2 Å². The van der Waals surface area contributed by atoms with Crippen LogP contribution in [0.15, 0.2) is 42.7 Å². The number of amides is 1. The SMILES string of the molecule is O=C1Cc2ccccc2N1NCCCc1cnccc1F. The van der Waals surface area contributed by atoms with Crippen molar-refractivity contribution in [3.05, 3.63) is 59.7 Å². The molecule has 0 saturated heterocycles. The number of carbonyl (C=O) groups is 1. The van der Waals surface area contributed by atoms with Crippen LogP contribution >= 0.6 is 0 Å². The lowest BCUT2D eigenvalue weighted by Gasteiger charge is -2.18. The van der Waals surface area contributed by atoms with Crippen LogP contribution in [0.4, 0.5) is 10.1 Å². The monoisotopic (exact) mass is 285 g/mol. The molecule has 1 aliphatic rings. The molecule has 0 radical (unpaired) electrons. The molecule has 0 fully saturated rings. The van der Waals surface area contributed by atoms with Crippen LogP contribution in [0.3, 0.4) is 0 Å². The van der Waals surface area contributed by atoms with Gasteiger partial charge in [-0.2, -0.15) is 0 Å². The van der Waals surface area contributed by atoms with Gasteiger partial charge in [-0.15, -0.1) is 0 Å². The molecule has 5 heteroatoms. The largest absolute Gasteiger partial charge is 0.273 e. The summed E-state index contributed by atoms with van der Waals surface area (Å²) < 4.78 is 13.5. The Morgan fingerprint density at radius 1 is 1.29 bits per heavy atom. The summed E-state index contributed by atoms with van der Waals surface area (Å²) in [5, 5.41) is 1.59. The van der Waals surface area contributed by atoms with Gasteiger partial charge in [0.15, 0.2) is 0 Å². The zero-order valence-electron chi connectivity index (χ0n) is 11.6. The minimum absolute atomic E-state index is 0.0451. The minimum atomic E-state index is -0.229. The molecule has 21 heavy (non-hydrogen) atoms. The first kappa shape index (κ1) is 13.7. The van der Waals surface area contributed by atoms with Crippen molar-refractivity contribution in [1.82, 2.24) is 10.4 Å². The fourth-order valence-electron chi connectivity index (χ4n) is 2.49. The van der Waals surface area contributed by atoms with Crippen molar-refractivity contribution in [1.29, 1.82) is 0 Å². The topological polar surface area (TPSA) is 45.2 Å². The summed E-state index contributed by atoms with van der Waals surface area (Å²) in [6, 6.07) is 9.09. The van der Waals surface area contributed by atoms with Crippen LogP contribution < -0.4 is 10.4 Å². The van der Waals surface area contributed by atoms with Gasteiger partial charge in [-0.3, -0.25) is 9.78 Å². The van der Waals surface area contributed by atoms with Crippen molar-refractivity contribution in [2.75, 3.05) is 11.6 Å². The lowest BCUT2D eigenvalue weighted by atomic mass is 10.1. The Balaban J connectivity index is 1.54. The van der Waals surface area contributed by atoms with Crippen LogP contribution in [0, 0.1) is 5.82 Å². The number of aryl methyl sites for hydroxylation is 1. The van der Waals surface area contributed by atoms with Crippen LogP contribution in [0.2, 0.25) is 0 Å². The average Bonchev–Trinajstić information content (AvgIpc) is 2.81. The predicted octanol–water partition coefficient (Wildman–Crippen LogP) is 2.25. The highest BCUT2D eigenvalue weighted by Gasteiger charge is 2.26. The molecular formula is C16H16FN3O. The number of hydrogen-bond acceptors (Lipinski definition) is 3. The maximum atomic E-state index is 13.5. The van der Waals surface area contributed by atoms with E-state index in [1.165, 1.54) is 12.3 Å². The fraction of sp³-hybridized carbons (Fsp3) is 0.250. The Kier molecular flexibility index (Phi) is 3.92. The molecule has 4 nitrogen and oxygen atoms in total. The van der Waals surface area contributed by atoms with E-state index in [-0.39, 0.29) is 11.7 Å². The molecule has 1 amide bonds. The number of nitrogens with zero attached hydrogens (tertiary/aromatic N) is 2. The number of nitrogens with one attached hydrogen (secondary N) is 1. The second-order valence-corrected chi connectivity index (χ2v) is 5.01. The lowest BCUT2D eigenvalue weighted by Crippen LogP contribution is -2.41. The second-order valence-electron chi connectivity index (χ2n) is 5.01. The maximum absolute atomic E-state index is 13.5. The normalized spacial score (nSPS) is 13.6. The van der Waals surface area contributed by atoms with Crippen LogP contribution in [0.1, 0.15) is 17.5 Å². The Morgan fingerprint density at radius 3 is 3.00 bits per heavy atom. The summed E-state index contributed by atoms with van der Waals surface area (Å²) in [6.45, 7) is 0.606. The summed E-state index contributed by atoms with van der Waals surface area (Å²) in [4.78, 5) is 15.9. The number of hydrogen-bond donors (Lipinski definition) is 1. The van der Waals surface area contributed by atoms with Crippen molar-refractivity contribution in [3.63, 3.8) is 0 Å². The Bertz CT molecular complexity index is 659. The zero-order chi connectivity index (χ0) is 14.7. The van der Waals surface area contributed by atoms with Crippen molar-refractivity contribution in [2.45, 2.75) is 19.3 Å². The minimum Gasteiger partial charge on any atom is -0.273 e. The molecule has 0 unspecified atom stereocenters. The van der Waals surface area contributed by atoms with Gasteiger partial charge in [-0.05, 0) is 30.5 Å².